The fraction of sp³-hybridized carbons (Fsp3) is 0.818. The van der Waals surface area contributed by atoms with Gasteiger partial charge in [0.1, 0.15) is 0 Å². The number of halogens is 1. The van der Waals surface area contributed by atoms with Crippen LogP contribution in [0.15, 0.2) is 12.7 Å². The molecular weight excluding hydrogens is 240 g/mol. The first-order valence-corrected chi connectivity index (χ1v) is 5.53. The minimum Gasteiger partial charge on any atom is -1.00 e. The van der Waals surface area contributed by atoms with Crippen LogP contribution in [0.2, 0.25) is 0 Å². The quantitative estimate of drug-likeness (QED) is 0.415. The first kappa shape index (κ1) is 12.2. The molecule has 82 valence electrons. The third-order valence-corrected chi connectivity index (χ3v) is 3.68. The summed E-state index contributed by atoms with van der Waals surface area (Å²) >= 11 is 0. The van der Waals surface area contributed by atoms with Gasteiger partial charge in [0, 0.05) is 32.5 Å². The van der Waals surface area contributed by atoms with Crippen molar-refractivity contribution in [3.63, 3.8) is 0 Å². The van der Waals surface area contributed by atoms with Gasteiger partial charge in [-0.1, -0.05) is 6.08 Å². The Balaban J connectivity index is 0.000000980. The van der Waals surface area contributed by atoms with Crippen LogP contribution in [0.25, 0.3) is 0 Å². The molecule has 2 saturated heterocycles. The topological polar surface area (TPSA) is 3.24 Å². The first-order valence-electron chi connectivity index (χ1n) is 5.53. The smallest absolute Gasteiger partial charge is 0.0916 e. The molecule has 0 aromatic rings. The molecule has 0 aromatic carbocycles. The second kappa shape index (κ2) is 5.29. The van der Waals surface area contributed by atoms with E-state index in [4.69, 9.17) is 0 Å². The van der Waals surface area contributed by atoms with Gasteiger partial charge in [0.2, 0.25) is 0 Å². The maximum Gasteiger partial charge on any atom is 0.0916 e. The van der Waals surface area contributed by atoms with Crippen LogP contribution in [0.3, 0.4) is 0 Å². The number of rotatable bonds is 2. The Morgan fingerprint density at radius 1 is 1.07 bits per heavy atom. The maximum absolute atomic E-state index is 3.80. The summed E-state index contributed by atoms with van der Waals surface area (Å²) in [6.07, 6.45) is 4.95. The summed E-state index contributed by atoms with van der Waals surface area (Å²) in [5.41, 5.74) is 0. The average Bonchev–Trinajstić information content (AvgIpc) is 2.59. The van der Waals surface area contributed by atoms with Crippen LogP contribution in [0, 0.1) is 0 Å². The Hall–Kier alpha value is 0.140. The molecule has 0 aromatic heterocycles. The summed E-state index contributed by atoms with van der Waals surface area (Å²) in [6.45, 7) is 13.1. The van der Waals surface area contributed by atoms with Gasteiger partial charge in [-0.2, -0.15) is 0 Å². The average molecular weight is 261 g/mol. The Morgan fingerprint density at radius 2 is 1.64 bits per heavy atom. The van der Waals surface area contributed by atoms with Crippen molar-refractivity contribution in [1.82, 2.24) is 4.90 Å². The van der Waals surface area contributed by atoms with Crippen molar-refractivity contribution in [2.45, 2.75) is 12.8 Å². The molecule has 0 N–H and O–H groups in total. The standard InChI is InChI=1S/C11H21N2.BrH/c1-2-5-12-6-10-13(11-7-12)8-3-4-9-13;/h2H,1,3-11H2;1H/q+1;/p-1. The van der Waals surface area contributed by atoms with E-state index in [0.717, 1.165) is 6.54 Å². The monoisotopic (exact) mass is 260 g/mol. The Labute approximate surface area is 97.9 Å². The summed E-state index contributed by atoms with van der Waals surface area (Å²) in [4.78, 5) is 2.52. The van der Waals surface area contributed by atoms with E-state index in [0.29, 0.717) is 0 Å². The van der Waals surface area contributed by atoms with Gasteiger partial charge >= 0.3 is 0 Å². The Bertz CT molecular complexity index is 178. The van der Waals surface area contributed by atoms with Crippen LogP contribution in [0.4, 0.5) is 0 Å². The minimum atomic E-state index is 0. The van der Waals surface area contributed by atoms with Crippen LogP contribution in [0.5, 0.6) is 0 Å². The molecule has 2 aliphatic heterocycles. The van der Waals surface area contributed by atoms with Gasteiger partial charge < -0.3 is 21.5 Å². The minimum absolute atomic E-state index is 0. The highest BCUT2D eigenvalue weighted by atomic mass is 79.9. The zero-order chi connectivity index (χ0) is 9.15. The zero-order valence-corrected chi connectivity index (χ0v) is 10.5. The van der Waals surface area contributed by atoms with Crippen molar-refractivity contribution in [3.8, 4) is 0 Å². The molecule has 0 unspecified atom stereocenters. The molecular formula is C11H21BrN2. The van der Waals surface area contributed by atoms with Crippen LogP contribution >= 0.6 is 0 Å². The Morgan fingerprint density at radius 3 is 2.14 bits per heavy atom. The lowest BCUT2D eigenvalue weighted by molar-refractivity contribution is -0.920. The molecule has 2 nitrogen and oxygen atoms in total. The number of hydrogen-bond acceptors (Lipinski definition) is 1. The number of piperazine rings is 1. The van der Waals surface area contributed by atoms with Gasteiger partial charge in [-0.05, 0) is 0 Å². The van der Waals surface area contributed by atoms with Crippen molar-refractivity contribution < 1.29 is 21.5 Å². The van der Waals surface area contributed by atoms with Gasteiger partial charge in [-0.15, -0.1) is 6.58 Å². The Kier molecular flexibility index (Phi) is 4.61. The van der Waals surface area contributed by atoms with E-state index in [2.05, 4.69) is 11.5 Å². The highest BCUT2D eigenvalue weighted by molar-refractivity contribution is 4.76. The molecule has 0 amide bonds. The van der Waals surface area contributed by atoms with E-state index < -0.39 is 0 Å². The van der Waals surface area contributed by atoms with E-state index >= 15 is 0 Å². The number of quaternary nitrogens is 1. The molecule has 1 spiro atoms. The number of hydrogen-bond donors (Lipinski definition) is 0. The third kappa shape index (κ3) is 2.59. The van der Waals surface area contributed by atoms with Crippen molar-refractivity contribution >= 4 is 0 Å². The fourth-order valence-electron chi connectivity index (χ4n) is 2.75. The molecule has 2 fully saturated rings. The molecule has 2 aliphatic rings. The second-order valence-electron chi connectivity index (χ2n) is 4.53. The summed E-state index contributed by atoms with van der Waals surface area (Å²) in [5, 5.41) is 0. The third-order valence-electron chi connectivity index (χ3n) is 3.68. The summed E-state index contributed by atoms with van der Waals surface area (Å²) < 4.78 is 1.42. The van der Waals surface area contributed by atoms with E-state index in [9.17, 15) is 0 Å². The van der Waals surface area contributed by atoms with Crippen LogP contribution in [-0.2, 0) is 0 Å². The van der Waals surface area contributed by atoms with Gasteiger partial charge in [0.15, 0.2) is 0 Å². The summed E-state index contributed by atoms with van der Waals surface area (Å²) in [6, 6.07) is 0. The van der Waals surface area contributed by atoms with Crippen molar-refractivity contribution in [2.75, 3.05) is 45.8 Å². The highest BCUT2D eigenvalue weighted by Crippen LogP contribution is 2.21. The predicted molar refractivity (Wildman–Crippen MR) is 55.6 cm³/mol. The zero-order valence-electron chi connectivity index (χ0n) is 8.92. The molecule has 0 radical (unpaired) electrons. The molecule has 3 heteroatoms. The van der Waals surface area contributed by atoms with E-state index in [1.165, 1.54) is 56.6 Å². The van der Waals surface area contributed by atoms with Gasteiger partial charge in [-0.25, -0.2) is 0 Å². The SMILES string of the molecule is C=CCN1CC[N+]2(CCCC2)CC1.[Br-]. The second-order valence-corrected chi connectivity index (χ2v) is 4.53. The lowest BCUT2D eigenvalue weighted by Crippen LogP contribution is -3.00. The van der Waals surface area contributed by atoms with Gasteiger partial charge in [-0.3, -0.25) is 4.90 Å². The van der Waals surface area contributed by atoms with E-state index in [1.54, 1.807) is 0 Å². The normalized spacial score (nSPS) is 26.0. The molecule has 2 heterocycles. The molecule has 0 bridgehead atoms. The predicted octanol–water partition coefficient (Wildman–Crippen LogP) is -1.90. The summed E-state index contributed by atoms with van der Waals surface area (Å²) in [5.74, 6) is 0. The lowest BCUT2D eigenvalue weighted by atomic mass is 10.2. The van der Waals surface area contributed by atoms with Crippen LogP contribution in [0.1, 0.15) is 12.8 Å². The molecule has 0 atom stereocenters. The molecule has 2 rings (SSSR count). The molecule has 14 heavy (non-hydrogen) atoms. The largest absolute Gasteiger partial charge is 1.00 e. The van der Waals surface area contributed by atoms with Crippen LogP contribution < -0.4 is 17.0 Å². The van der Waals surface area contributed by atoms with Crippen LogP contribution in [-0.4, -0.2) is 55.2 Å². The lowest BCUT2D eigenvalue weighted by Gasteiger charge is -2.41. The maximum atomic E-state index is 3.80. The van der Waals surface area contributed by atoms with Crippen molar-refractivity contribution in [3.05, 3.63) is 12.7 Å². The highest BCUT2D eigenvalue weighted by Gasteiger charge is 2.35. The van der Waals surface area contributed by atoms with E-state index in [-0.39, 0.29) is 17.0 Å². The summed E-state index contributed by atoms with van der Waals surface area (Å²) in [7, 11) is 0. The molecule has 0 aliphatic carbocycles. The first-order chi connectivity index (χ1) is 6.35. The number of nitrogens with zero attached hydrogens (tertiary/aromatic N) is 2. The van der Waals surface area contributed by atoms with Gasteiger partial charge in [0.05, 0.1) is 26.2 Å². The molecule has 0 saturated carbocycles. The van der Waals surface area contributed by atoms with Gasteiger partial charge in [0.25, 0.3) is 0 Å². The van der Waals surface area contributed by atoms with Crippen molar-refractivity contribution in [2.24, 2.45) is 0 Å². The van der Waals surface area contributed by atoms with E-state index in [1.807, 2.05) is 6.08 Å². The van der Waals surface area contributed by atoms with Crippen molar-refractivity contribution in [1.29, 1.82) is 0 Å². The fourth-order valence-corrected chi connectivity index (χ4v) is 2.75.